The lowest BCUT2D eigenvalue weighted by Gasteiger charge is -2.24. The molecule has 4 N–H and O–H groups in total. The van der Waals surface area contributed by atoms with Crippen molar-refractivity contribution < 1.29 is 24.1 Å². The molecule has 0 aliphatic carbocycles. The van der Waals surface area contributed by atoms with Crippen molar-refractivity contribution in [3.05, 3.63) is 35.9 Å². The number of ether oxygens (including phenoxy) is 3. The lowest BCUT2D eigenvalue weighted by molar-refractivity contribution is -0.0907. The molecule has 0 aromatic heterocycles. The van der Waals surface area contributed by atoms with E-state index in [1.54, 1.807) is 0 Å². The highest BCUT2D eigenvalue weighted by Gasteiger charge is 2.44. The molecule has 0 unspecified atom stereocenters. The lowest BCUT2D eigenvalue weighted by atomic mass is 10.0. The first-order valence-corrected chi connectivity index (χ1v) is 8.30. The smallest absolute Gasteiger partial charge is 0.407 e. The van der Waals surface area contributed by atoms with Gasteiger partial charge in [-0.15, -0.1) is 0 Å². The number of benzene rings is 1. The van der Waals surface area contributed by atoms with Crippen LogP contribution in [0.1, 0.15) is 12.0 Å². The zero-order valence-corrected chi connectivity index (χ0v) is 13.5. The molecule has 1 amide bonds. The molecule has 5 atom stereocenters. The SMILES string of the molecule is NC[C@@H](O)[C@H](Cc1ccccc1)NC(=O)O[C@@H]1CO[C@@H]2OCC[C@@H]21. The van der Waals surface area contributed by atoms with Crippen molar-refractivity contribution in [2.45, 2.75) is 37.4 Å². The fourth-order valence-electron chi connectivity index (χ4n) is 3.19. The topological polar surface area (TPSA) is 103 Å². The Kier molecular flexibility index (Phi) is 5.68. The Morgan fingerprint density at radius 3 is 2.92 bits per heavy atom. The highest BCUT2D eigenvalue weighted by molar-refractivity contribution is 5.68. The minimum Gasteiger partial charge on any atom is -0.443 e. The molecule has 3 rings (SSSR count). The lowest BCUT2D eigenvalue weighted by Crippen LogP contribution is -2.49. The fourth-order valence-corrected chi connectivity index (χ4v) is 3.19. The molecule has 1 aromatic carbocycles. The molecule has 2 heterocycles. The second-order valence-corrected chi connectivity index (χ2v) is 6.21. The van der Waals surface area contributed by atoms with Gasteiger partial charge in [-0.2, -0.15) is 0 Å². The number of aliphatic hydroxyl groups excluding tert-OH is 1. The number of nitrogens with two attached hydrogens (primary N) is 1. The largest absolute Gasteiger partial charge is 0.443 e. The molecule has 2 aliphatic heterocycles. The average molecular weight is 336 g/mol. The Labute approximate surface area is 141 Å². The number of hydrogen-bond acceptors (Lipinski definition) is 6. The molecule has 0 spiro atoms. The van der Waals surface area contributed by atoms with Crippen LogP contribution in [0.25, 0.3) is 0 Å². The predicted molar refractivity (Wildman–Crippen MR) is 86.2 cm³/mol. The van der Waals surface area contributed by atoms with Crippen LogP contribution < -0.4 is 11.1 Å². The van der Waals surface area contributed by atoms with Crippen molar-refractivity contribution in [3.8, 4) is 0 Å². The van der Waals surface area contributed by atoms with Gasteiger partial charge < -0.3 is 30.4 Å². The molecule has 0 bridgehead atoms. The van der Waals surface area contributed by atoms with Gasteiger partial charge in [-0.1, -0.05) is 30.3 Å². The number of alkyl carbamates (subject to hydrolysis) is 1. The van der Waals surface area contributed by atoms with E-state index in [-0.39, 0.29) is 24.9 Å². The van der Waals surface area contributed by atoms with Crippen LogP contribution in [-0.4, -0.2) is 55.5 Å². The Hall–Kier alpha value is -1.67. The summed E-state index contributed by atoms with van der Waals surface area (Å²) < 4.78 is 16.4. The minimum absolute atomic E-state index is 0.0584. The number of amides is 1. The van der Waals surface area contributed by atoms with Crippen molar-refractivity contribution >= 4 is 6.09 Å². The van der Waals surface area contributed by atoms with Crippen molar-refractivity contribution in [1.82, 2.24) is 5.32 Å². The summed E-state index contributed by atoms with van der Waals surface area (Å²) in [7, 11) is 0. The van der Waals surface area contributed by atoms with Crippen molar-refractivity contribution in [3.63, 3.8) is 0 Å². The zero-order chi connectivity index (χ0) is 16.9. The number of carbonyl (C=O) groups is 1. The van der Waals surface area contributed by atoms with Crippen LogP contribution in [0.5, 0.6) is 0 Å². The van der Waals surface area contributed by atoms with E-state index in [1.807, 2.05) is 30.3 Å². The molecule has 2 fully saturated rings. The normalized spacial score (nSPS) is 28.2. The third-order valence-electron chi connectivity index (χ3n) is 4.55. The van der Waals surface area contributed by atoms with Gasteiger partial charge in [0, 0.05) is 6.54 Å². The average Bonchev–Trinajstić information content (AvgIpc) is 3.19. The maximum Gasteiger partial charge on any atom is 0.407 e. The van der Waals surface area contributed by atoms with Crippen LogP contribution >= 0.6 is 0 Å². The van der Waals surface area contributed by atoms with E-state index in [1.165, 1.54) is 0 Å². The van der Waals surface area contributed by atoms with E-state index in [4.69, 9.17) is 19.9 Å². The standard InChI is InChI=1S/C17H24N2O5/c18-9-14(20)13(8-11-4-2-1-3-5-11)19-17(21)24-15-10-23-16-12(15)6-7-22-16/h1-5,12-16,20H,6-10,18H2,(H,19,21)/t12-,13+,14-,15-,16+/m1/s1. The fraction of sp³-hybridized carbons (Fsp3) is 0.588. The third kappa shape index (κ3) is 4.05. The van der Waals surface area contributed by atoms with Crippen LogP contribution in [0.15, 0.2) is 30.3 Å². The van der Waals surface area contributed by atoms with Gasteiger partial charge in [0.25, 0.3) is 0 Å². The Balaban J connectivity index is 1.56. The van der Waals surface area contributed by atoms with E-state index < -0.39 is 18.2 Å². The second kappa shape index (κ2) is 7.94. The molecule has 2 saturated heterocycles. The Morgan fingerprint density at radius 1 is 1.38 bits per heavy atom. The van der Waals surface area contributed by atoms with Crippen molar-refractivity contribution in [2.75, 3.05) is 19.8 Å². The molecule has 132 valence electrons. The summed E-state index contributed by atoms with van der Waals surface area (Å²) >= 11 is 0. The van der Waals surface area contributed by atoms with Crippen LogP contribution in [-0.2, 0) is 20.6 Å². The van der Waals surface area contributed by atoms with Crippen molar-refractivity contribution in [2.24, 2.45) is 11.7 Å². The summed E-state index contributed by atoms with van der Waals surface area (Å²) in [6.45, 7) is 1.02. The molecule has 7 nitrogen and oxygen atoms in total. The van der Waals surface area contributed by atoms with Gasteiger partial charge in [0.2, 0.25) is 0 Å². The van der Waals surface area contributed by atoms with Gasteiger partial charge >= 0.3 is 6.09 Å². The van der Waals surface area contributed by atoms with E-state index in [9.17, 15) is 9.90 Å². The molecule has 0 saturated carbocycles. The zero-order valence-electron chi connectivity index (χ0n) is 13.5. The number of rotatable bonds is 6. The Morgan fingerprint density at radius 2 is 2.17 bits per heavy atom. The molecular weight excluding hydrogens is 312 g/mol. The van der Waals surface area contributed by atoms with E-state index in [2.05, 4.69) is 5.32 Å². The van der Waals surface area contributed by atoms with Gasteiger partial charge in [0.05, 0.1) is 31.3 Å². The molecule has 1 aromatic rings. The number of hydrogen-bond donors (Lipinski definition) is 3. The molecular formula is C17H24N2O5. The monoisotopic (exact) mass is 336 g/mol. The second-order valence-electron chi connectivity index (χ2n) is 6.21. The van der Waals surface area contributed by atoms with Gasteiger partial charge in [-0.05, 0) is 18.4 Å². The maximum atomic E-state index is 12.2. The van der Waals surface area contributed by atoms with Gasteiger partial charge in [0.1, 0.15) is 6.10 Å². The molecule has 0 radical (unpaired) electrons. The van der Waals surface area contributed by atoms with Gasteiger partial charge in [0.15, 0.2) is 6.29 Å². The van der Waals surface area contributed by atoms with Crippen LogP contribution in [0, 0.1) is 5.92 Å². The minimum atomic E-state index is -0.847. The summed E-state index contributed by atoms with van der Waals surface area (Å²) in [4.78, 5) is 12.2. The van der Waals surface area contributed by atoms with E-state index >= 15 is 0 Å². The van der Waals surface area contributed by atoms with Gasteiger partial charge in [-0.3, -0.25) is 0 Å². The molecule has 24 heavy (non-hydrogen) atoms. The van der Waals surface area contributed by atoms with E-state index in [0.29, 0.717) is 19.6 Å². The highest BCUT2D eigenvalue weighted by Crippen LogP contribution is 2.32. The van der Waals surface area contributed by atoms with Crippen LogP contribution in [0.3, 0.4) is 0 Å². The van der Waals surface area contributed by atoms with E-state index in [0.717, 1.165) is 12.0 Å². The maximum absolute atomic E-state index is 12.2. The summed E-state index contributed by atoms with van der Waals surface area (Å²) in [5.41, 5.74) is 6.56. The third-order valence-corrected chi connectivity index (χ3v) is 4.55. The first-order valence-electron chi connectivity index (χ1n) is 8.30. The number of aliphatic hydroxyl groups is 1. The van der Waals surface area contributed by atoms with Crippen LogP contribution in [0.4, 0.5) is 4.79 Å². The molecule has 7 heteroatoms. The predicted octanol–water partition coefficient (Wildman–Crippen LogP) is 0.405. The summed E-state index contributed by atoms with van der Waals surface area (Å²) in [5, 5.41) is 12.8. The Bertz CT molecular complexity index is 541. The van der Waals surface area contributed by atoms with Gasteiger partial charge in [-0.25, -0.2) is 4.79 Å². The van der Waals surface area contributed by atoms with Crippen molar-refractivity contribution in [1.29, 1.82) is 0 Å². The summed E-state index contributed by atoms with van der Waals surface area (Å²) in [5.74, 6) is 0.0859. The van der Waals surface area contributed by atoms with Crippen LogP contribution in [0.2, 0.25) is 0 Å². The summed E-state index contributed by atoms with van der Waals surface area (Å²) in [6.07, 6.45) is -0.696. The first kappa shape index (κ1) is 17.2. The summed E-state index contributed by atoms with van der Waals surface area (Å²) in [6, 6.07) is 9.11. The number of fused-ring (bicyclic) bond motifs is 1. The quantitative estimate of drug-likeness (QED) is 0.695. The molecule has 2 aliphatic rings. The highest BCUT2D eigenvalue weighted by atomic mass is 16.7. The number of carbonyl (C=O) groups excluding carboxylic acids is 1. The first-order chi connectivity index (χ1) is 11.7. The number of nitrogens with one attached hydrogen (secondary N) is 1.